The van der Waals surface area contributed by atoms with Crippen molar-refractivity contribution in [2.45, 2.75) is 38.8 Å². The Labute approximate surface area is 102 Å². The van der Waals surface area contributed by atoms with Crippen LogP contribution in [0.15, 0.2) is 12.3 Å². The van der Waals surface area contributed by atoms with Gasteiger partial charge in [-0.05, 0) is 33.3 Å². The number of nitrogens with one attached hydrogen (secondary N) is 2. The highest BCUT2D eigenvalue weighted by atomic mass is 16.5. The van der Waals surface area contributed by atoms with Crippen molar-refractivity contribution in [1.29, 1.82) is 0 Å². The van der Waals surface area contributed by atoms with Gasteiger partial charge in [-0.15, -0.1) is 0 Å². The van der Waals surface area contributed by atoms with Crippen LogP contribution in [-0.4, -0.2) is 34.8 Å². The minimum Gasteiger partial charge on any atom is -0.376 e. The molecule has 17 heavy (non-hydrogen) atoms. The Morgan fingerprint density at radius 3 is 3.06 bits per heavy atom. The van der Waals surface area contributed by atoms with Crippen molar-refractivity contribution in [3.63, 3.8) is 0 Å². The molecule has 0 saturated carbocycles. The first-order valence-corrected chi connectivity index (χ1v) is 6.11. The van der Waals surface area contributed by atoms with E-state index in [0.29, 0.717) is 5.95 Å². The lowest BCUT2D eigenvalue weighted by Gasteiger charge is -2.29. The number of nitrogens with zero attached hydrogens (tertiary/aromatic N) is 2. The van der Waals surface area contributed by atoms with Gasteiger partial charge in [0.1, 0.15) is 5.82 Å². The van der Waals surface area contributed by atoms with Gasteiger partial charge in [0.2, 0.25) is 5.95 Å². The Hall–Kier alpha value is -1.36. The molecule has 0 bridgehead atoms. The van der Waals surface area contributed by atoms with E-state index in [1.165, 1.54) is 0 Å². The largest absolute Gasteiger partial charge is 0.376 e. The maximum absolute atomic E-state index is 5.60. The van der Waals surface area contributed by atoms with Gasteiger partial charge in [-0.25, -0.2) is 4.98 Å². The lowest BCUT2D eigenvalue weighted by Crippen LogP contribution is -2.41. The second kappa shape index (κ2) is 4.87. The van der Waals surface area contributed by atoms with Crippen LogP contribution in [0.5, 0.6) is 0 Å². The first-order chi connectivity index (χ1) is 8.14. The molecule has 0 aliphatic carbocycles. The van der Waals surface area contributed by atoms with Gasteiger partial charge in [-0.2, -0.15) is 4.98 Å². The molecule has 1 aliphatic heterocycles. The molecule has 1 saturated heterocycles. The Morgan fingerprint density at radius 2 is 2.41 bits per heavy atom. The SMILES string of the molecule is CCNc1nccc(NC2(C)CCOC2C)n1. The molecule has 1 aliphatic rings. The third-order valence-electron chi connectivity index (χ3n) is 3.29. The zero-order valence-electron chi connectivity index (χ0n) is 10.7. The molecule has 5 heteroatoms. The fraction of sp³-hybridized carbons (Fsp3) is 0.667. The van der Waals surface area contributed by atoms with Crippen LogP contribution >= 0.6 is 0 Å². The van der Waals surface area contributed by atoms with E-state index in [4.69, 9.17) is 4.74 Å². The molecular weight excluding hydrogens is 216 g/mol. The van der Waals surface area contributed by atoms with Crippen molar-refractivity contribution in [2.24, 2.45) is 0 Å². The Bertz CT molecular complexity index is 385. The van der Waals surface area contributed by atoms with Gasteiger partial charge in [0.05, 0.1) is 11.6 Å². The molecular formula is C12H20N4O. The third-order valence-corrected chi connectivity index (χ3v) is 3.29. The second-order valence-electron chi connectivity index (χ2n) is 4.60. The topological polar surface area (TPSA) is 59.1 Å². The quantitative estimate of drug-likeness (QED) is 0.836. The lowest BCUT2D eigenvalue weighted by molar-refractivity contribution is 0.105. The monoisotopic (exact) mass is 236 g/mol. The molecule has 2 heterocycles. The first kappa shape index (κ1) is 12.1. The molecule has 2 rings (SSSR count). The maximum Gasteiger partial charge on any atom is 0.224 e. The van der Waals surface area contributed by atoms with Crippen LogP contribution < -0.4 is 10.6 Å². The molecule has 0 amide bonds. The van der Waals surface area contributed by atoms with Crippen LogP contribution in [0.1, 0.15) is 27.2 Å². The van der Waals surface area contributed by atoms with Gasteiger partial charge in [0.25, 0.3) is 0 Å². The first-order valence-electron chi connectivity index (χ1n) is 6.11. The lowest BCUT2D eigenvalue weighted by atomic mass is 9.95. The molecule has 1 fully saturated rings. The fourth-order valence-corrected chi connectivity index (χ4v) is 1.96. The summed E-state index contributed by atoms with van der Waals surface area (Å²) < 4.78 is 5.60. The fourth-order valence-electron chi connectivity index (χ4n) is 1.96. The summed E-state index contributed by atoms with van der Waals surface area (Å²) in [5, 5.41) is 6.55. The predicted octanol–water partition coefficient (Wildman–Crippen LogP) is 1.89. The molecule has 2 N–H and O–H groups in total. The minimum absolute atomic E-state index is 0.0438. The summed E-state index contributed by atoms with van der Waals surface area (Å²) in [6.45, 7) is 7.90. The van der Waals surface area contributed by atoms with E-state index in [9.17, 15) is 0 Å². The van der Waals surface area contributed by atoms with Crippen LogP contribution in [0.4, 0.5) is 11.8 Å². The maximum atomic E-state index is 5.60. The van der Waals surface area contributed by atoms with Crippen LogP contribution in [-0.2, 0) is 4.74 Å². The third kappa shape index (κ3) is 2.66. The normalized spacial score (nSPS) is 28.1. The van der Waals surface area contributed by atoms with Crippen molar-refractivity contribution >= 4 is 11.8 Å². The average molecular weight is 236 g/mol. The van der Waals surface area contributed by atoms with Crippen molar-refractivity contribution in [1.82, 2.24) is 9.97 Å². The molecule has 2 atom stereocenters. The van der Waals surface area contributed by atoms with Gasteiger partial charge in [0, 0.05) is 19.3 Å². The molecule has 0 spiro atoms. The zero-order chi connectivity index (χ0) is 12.3. The van der Waals surface area contributed by atoms with Crippen LogP contribution in [0, 0.1) is 0 Å². The predicted molar refractivity (Wildman–Crippen MR) is 68.3 cm³/mol. The summed E-state index contributed by atoms with van der Waals surface area (Å²) in [5.74, 6) is 1.50. The average Bonchev–Trinajstić information content (AvgIpc) is 2.60. The van der Waals surface area contributed by atoms with Crippen LogP contribution in [0.2, 0.25) is 0 Å². The molecule has 5 nitrogen and oxygen atoms in total. The summed E-state index contributed by atoms with van der Waals surface area (Å²) in [4.78, 5) is 8.57. The van der Waals surface area contributed by atoms with E-state index in [0.717, 1.165) is 25.4 Å². The number of hydrogen-bond donors (Lipinski definition) is 2. The number of anilines is 2. The molecule has 1 aromatic heterocycles. The van der Waals surface area contributed by atoms with Gasteiger partial charge in [0.15, 0.2) is 0 Å². The van der Waals surface area contributed by atoms with Gasteiger partial charge in [-0.1, -0.05) is 0 Å². The van der Waals surface area contributed by atoms with Crippen molar-refractivity contribution in [2.75, 3.05) is 23.8 Å². The van der Waals surface area contributed by atoms with Crippen LogP contribution in [0.25, 0.3) is 0 Å². The molecule has 0 radical (unpaired) electrons. The molecule has 2 unspecified atom stereocenters. The smallest absolute Gasteiger partial charge is 0.224 e. The Balaban J connectivity index is 2.10. The summed E-state index contributed by atoms with van der Waals surface area (Å²) in [7, 11) is 0. The van der Waals surface area contributed by atoms with Crippen molar-refractivity contribution < 1.29 is 4.74 Å². The van der Waals surface area contributed by atoms with E-state index in [2.05, 4.69) is 34.4 Å². The Morgan fingerprint density at radius 1 is 1.59 bits per heavy atom. The van der Waals surface area contributed by atoms with E-state index in [1.807, 2.05) is 13.0 Å². The highest BCUT2D eigenvalue weighted by molar-refractivity contribution is 5.42. The summed E-state index contributed by atoms with van der Waals surface area (Å²) >= 11 is 0. The second-order valence-corrected chi connectivity index (χ2v) is 4.60. The zero-order valence-corrected chi connectivity index (χ0v) is 10.7. The standard InChI is InChI=1S/C12H20N4O/c1-4-13-11-14-7-5-10(15-11)16-12(3)6-8-17-9(12)2/h5,7,9H,4,6,8H2,1-3H3,(H2,13,14,15,16). The number of rotatable bonds is 4. The minimum atomic E-state index is -0.0438. The van der Waals surface area contributed by atoms with Gasteiger partial charge < -0.3 is 15.4 Å². The van der Waals surface area contributed by atoms with Crippen molar-refractivity contribution in [3.8, 4) is 0 Å². The van der Waals surface area contributed by atoms with E-state index < -0.39 is 0 Å². The Kier molecular flexibility index (Phi) is 3.47. The van der Waals surface area contributed by atoms with E-state index >= 15 is 0 Å². The van der Waals surface area contributed by atoms with Gasteiger partial charge >= 0.3 is 0 Å². The van der Waals surface area contributed by atoms with Gasteiger partial charge in [-0.3, -0.25) is 0 Å². The highest BCUT2D eigenvalue weighted by Gasteiger charge is 2.37. The summed E-state index contributed by atoms with van der Waals surface area (Å²) in [5.41, 5.74) is -0.0438. The summed E-state index contributed by atoms with van der Waals surface area (Å²) in [6, 6.07) is 1.89. The molecule has 1 aromatic rings. The highest BCUT2D eigenvalue weighted by Crippen LogP contribution is 2.28. The number of ether oxygens (including phenoxy) is 1. The summed E-state index contributed by atoms with van der Waals surface area (Å²) in [6.07, 6.45) is 2.95. The molecule has 94 valence electrons. The molecule has 0 aromatic carbocycles. The van der Waals surface area contributed by atoms with Crippen molar-refractivity contribution in [3.05, 3.63) is 12.3 Å². The van der Waals surface area contributed by atoms with E-state index in [1.54, 1.807) is 6.20 Å². The van der Waals surface area contributed by atoms with Crippen LogP contribution in [0.3, 0.4) is 0 Å². The van der Waals surface area contributed by atoms with E-state index in [-0.39, 0.29) is 11.6 Å². The number of hydrogen-bond acceptors (Lipinski definition) is 5. The number of aromatic nitrogens is 2.